The topological polar surface area (TPSA) is 373 Å². The van der Waals surface area contributed by atoms with Gasteiger partial charge in [0.2, 0.25) is 6.29 Å². The summed E-state index contributed by atoms with van der Waals surface area (Å²) in [5.74, 6) is 0.644. The minimum atomic E-state index is -6.22. The number of ether oxygens (including phenoxy) is 4. The van der Waals surface area contributed by atoms with Gasteiger partial charge in [0, 0.05) is 7.05 Å². The first kappa shape index (κ1) is 40.2. The van der Waals surface area contributed by atoms with Crippen LogP contribution in [0.1, 0.15) is 6.23 Å². The van der Waals surface area contributed by atoms with Crippen molar-refractivity contribution in [3.8, 4) is 11.5 Å². The highest BCUT2D eigenvalue weighted by atomic mass is 31.3. The summed E-state index contributed by atoms with van der Waals surface area (Å²) in [6.45, 7) is -1.10. The molecule has 4 heterocycles. The predicted molar refractivity (Wildman–Crippen MR) is 165 cm³/mol. The number of phosphoric ester groups is 2. The predicted octanol–water partition coefficient (Wildman–Crippen LogP) is -1.36. The van der Waals surface area contributed by atoms with E-state index in [9.17, 15) is 58.3 Å². The maximum absolute atomic E-state index is 12.6. The van der Waals surface area contributed by atoms with Crippen LogP contribution in [-0.2, 0) is 56.8 Å². The Kier molecular flexibility index (Phi) is 10.8. The van der Waals surface area contributed by atoms with E-state index in [1.54, 1.807) is 0 Å². The first-order chi connectivity index (χ1) is 24.6. The summed E-state index contributed by atoms with van der Waals surface area (Å²) >= 11 is 0. The van der Waals surface area contributed by atoms with E-state index in [0.717, 1.165) is 6.33 Å². The van der Waals surface area contributed by atoms with E-state index >= 15 is 0 Å². The third kappa shape index (κ3) is 8.23. The molecule has 1 aromatic carbocycles. The molecule has 294 valence electrons. The summed E-state index contributed by atoms with van der Waals surface area (Å²) < 4.78 is 94.1. The molecule has 53 heavy (non-hydrogen) atoms. The molecule has 6 rings (SSSR count). The van der Waals surface area contributed by atoms with Gasteiger partial charge in [-0.2, -0.15) is 12.9 Å². The molecule has 9 N–H and O–H groups in total. The second-order valence-electron chi connectivity index (χ2n) is 11.6. The van der Waals surface area contributed by atoms with Gasteiger partial charge in [0.1, 0.15) is 53.6 Å². The van der Waals surface area contributed by atoms with Gasteiger partial charge in [-0.15, -0.1) is 0 Å². The fourth-order valence-electron chi connectivity index (χ4n) is 5.37. The van der Waals surface area contributed by atoms with Crippen molar-refractivity contribution in [2.24, 2.45) is 7.05 Å². The number of phosphoric acid groups is 4. The van der Waals surface area contributed by atoms with Gasteiger partial charge in [0.05, 0.1) is 26.4 Å². The van der Waals surface area contributed by atoms with E-state index in [-0.39, 0.29) is 22.4 Å². The number of imidazole rings is 1. The number of hydrogen-bond acceptors (Lipinski definition) is 20. The Hall–Kier alpha value is -2.51. The molecular weight excluding hydrogens is 806 g/mol. The molecule has 3 aliphatic rings. The molecule has 3 fully saturated rings. The molecule has 1 aliphatic carbocycles. The van der Waals surface area contributed by atoms with Gasteiger partial charge in [-0.05, 0) is 24.3 Å². The van der Waals surface area contributed by atoms with E-state index in [4.69, 9.17) is 24.4 Å². The molecule has 30 heteroatoms. The number of nitrogens with one attached hydrogen (secondary N) is 1. The largest absolute Gasteiger partial charge is 0.497 e. The third-order valence-corrected chi connectivity index (χ3v) is 13.9. The fraction of sp³-hybridized carbons (Fsp3) is 0.522. The van der Waals surface area contributed by atoms with E-state index in [1.165, 1.54) is 53.9 Å². The normalized spacial score (nSPS) is 34.1. The third-order valence-electron chi connectivity index (χ3n) is 7.98. The van der Waals surface area contributed by atoms with Crippen LogP contribution in [0, 0.1) is 5.41 Å². The number of aryl methyl sites for hydroxylation is 1. The minimum absolute atomic E-state index is 0.0440. The molecule has 3 aromatic rings. The standard InChI is InChI=1S/C23H31N5O21P4/c1-27-8-26-20-13(19(27)24)25-9-28(20)21-16(31)23(32)17(45-21)18(23)46-51(35,36)48-53(39,40)49-52(37,38)47-50(33,34)42-7-12-14(29)15(30)22(44-12)43-11-5-3-10(41-2)4-6-11/h3-6,8-9,12,14-18,21-22,24,29-32H,7H2,1-2H3,(H,33,34)(H,35,36)(H,37,38)(H,39,40)/t12-,14-,15-,16+,17-,18?,21-,22-,23+/m1/s1. The van der Waals surface area contributed by atoms with Gasteiger partial charge in [0.25, 0.3) is 0 Å². The van der Waals surface area contributed by atoms with Crippen LogP contribution in [0.25, 0.3) is 11.2 Å². The molecule has 0 spiro atoms. The van der Waals surface area contributed by atoms with Crippen LogP contribution in [0.15, 0.2) is 36.9 Å². The van der Waals surface area contributed by atoms with Crippen LogP contribution in [0.2, 0.25) is 0 Å². The average molecular weight is 837 g/mol. The van der Waals surface area contributed by atoms with E-state index in [0.29, 0.717) is 5.75 Å². The summed E-state index contributed by atoms with van der Waals surface area (Å²) in [5.41, 5.74) is -2.26. The Bertz CT molecular complexity index is 2120. The molecule has 2 aliphatic heterocycles. The van der Waals surface area contributed by atoms with E-state index < -0.39 is 92.6 Å². The van der Waals surface area contributed by atoms with E-state index in [1.807, 2.05) is 0 Å². The molecule has 0 amide bonds. The monoisotopic (exact) mass is 837 g/mol. The quantitative estimate of drug-likeness (QED) is 0.0798. The number of aromatic nitrogens is 4. The Morgan fingerprint density at radius 3 is 2.08 bits per heavy atom. The number of rotatable bonds is 15. The number of aliphatic hydroxyl groups is 4. The Labute approximate surface area is 295 Å². The minimum Gasteiger partial charge on any atom is -0.497 e. The summed E-state index contributed by atoms with van der Waals surface area (Å²) in [4.78, 5) is 47.9. The molecular formula is C23H31N5O21P4. The van der Waals surface area contributed by atoms with Crippen molar-refractivity contribution < 1.29 is 99.2 Å². The highest BCUT2D eigenvalue weighted by Gasteiger charge is 2.79. The van der Waals surface area contributed by atoms with Gasteiger partial charge < -0.3 is 63.5 Å². The summed E-state index contributed by atoms with van der Waals surface area (Å²) in [6, 6.07) is 5.91. The van der Waals surface area contributed by atoms with Crippen molar-refractivity contribution in [2.45, 2.75) is 54.7 Å². The maximum Gasteiger partial charge on any atom is 0.490 e. The van der Waals surface area contributed by atoms with Crippen molar-refractivity contribution >= 4 is 42.5 Å². The molecule has 1 saturated carbocycles. The average Bonchev–Trinajstić information content (AvgIpc) is 3.34. The molecule has 0 bridgehead atoms. The van der Waals surface area contributed by atoms with Gasteiger partial charge in [-0.3, -0.25) is 19.0 Å². The van der Waals surface area contributed by atoms with Crippen molar-refractivity contribution in [1.82, 2.24) is 19.1 Å². The van der Waals surface area contributed by atoms with Gasteiger partial charge >= 0.3 is 31.3 Å². The molecule has 26 nitrogen and oxygen atoms in total. The van der Waals surface area contributed by atoms with Crippen LogP contribution >= 0.6 is 31.3 Å². The van der Waals surface area contributed by atoms with Crippen LogP contribution in [-0.4, -0.2) is 121 Å². The highest BCUT2D eigenvalue weighted by molar-refractivity contribution is 7.69. The SMILES string of the molecule is COc1ccc(O[C@@H]2O[C@H](COP(=O)(O)OP(=O)(O)OP(=O)(O)OP(=O)(O)OC3[C@H]4O[C@@H](n5cnc6c(=N)n(C)cnc65)[C@H](O)[C@@]34O)[C@@H](O)[C@H]2O)cc1. The lowest BCUT2D eigenvalue weighted by Crippen LogP contribution is -2.37. The zero-order valence-electron chi connectivity index (χ0n) is 26.8. The van der Waals surface area contributed by atoms with Crippen molar-refractivity contribution in [2.75, 3.05) is 13.7 Å². The molecule has 0 radical (unpaired) electrons. The molecule has 5 unspecified atom stereocenters. The van der Waals surface area contributed by atoms with Gasteiger partial charge in [0.15, 0.2) is 23.0 Å². The zero-order chi connectivity index (χ0) is 38.9. The lowest BCUT2D eigenvalue weighted by Gasteiger charge is -2.24. The number of methoxy groups -OCH3 is 1. The Balaban J connectivity index is 1.00. The first-order valence-electron chi connectivity index (χ1n) is 14.7. The van der Waals surface area contributed by atoms with Crippen molar-refractivity contribution in [1.29, 1.82) is 5.41 Å². The summed E-state index contributed by atoms with van der Waals surface area (Å²) in [6.07, 6.45) is -10.9. The van der Waals surface area contributed by atoms with Gasteiger partial charge in [-0.1, -0.05) is 0 Å². The summed E-state index contributed by atoms with van der Waals surface area (Å²) in [7, 11) is -21.1. The highest BCUT2D eigenvalue weighted by Crippen LogP contribution is 2.73. The fourth-order valence-corrected chi connectivity index (χ4v) is 10.5. The summed E-state index contributed by atoms with van der Waals surface area (Å²) in [5, 5.41) is 50.2. The lowest BCUT2D eigenvalue weighted by atomic mass is 10.1. The number of nitrogens with zero attached hydrogens (tertiary/aromatic N) is 4. The Morgan fingerprint density at radius 1 is 0.868 bits per heavy atom. The number of aliphatic hydroxyl groups excluding tert-OH is 3. The Morgan fingerprint density at radius 2 is 1.47 bits per heavy atom. The van der Waals surface area contributed by atoms with Crippen LogP contribution in [0.3, 0.4) is 0 Å². The van der Waals surface area contributed by atoms with Crippen molar-refractivity contribution in [3.05, 3.63) is 42.4 Å². The molecule has 2 saturated heterocycles. The number of hydrogen-bond donors (Lipinski definition) is 9. The molecule has 13 atom stereocenters. The second-order valence-corrected chi connectivity index (χ2v) is 17.7. The van der Waals surface area contributed by atoms with Crippen LogP contribution in [0.5, 0.6) is 11.5 Å². The van der Waals surface area contributed by atoms with E-state index in [2.05, 4.69) is 31.9 Å². The number of fused-ring (bicyclic) bond motifs is 2. The first-order valence-corrected chi connectivity index (χ1v) is 20.6. The smallest absolute Gasteiger partial charge is 0.490 e. The number of benzene rings is 1. The van der Waals surface area contributed by atoms with Gasteiger partial charge in [-0.25, -0.2) is 28.2 Å². The molecule has 2 aromatic heterocycles. The van der Waals surface area contributed by atoms with Crippen molar-refractivity contribution in [3.63, 3.8) is 0 Å². The lowest BCUT2D eigenvalue weighted by molar-refractivity contribution is -0.115. The van der Waals surface area contributed by atoms with Crippen LogP contribution in [0.4, 0.5) is 0 Å². The zero-order valence-corrected chi connectivity index (χ0v) is 30.3. The second kappa shape index (κ2) is 14.2. The maximum atomic E-state index is 12.6. The van der Waals surface area contributed by atoms with Crippen LogP contribution < -0.4 is 15.0 Å².